The number of ether oxygens (including phenoxy) is 2. The fraction of sp³-hybridized carbons (Fsp3) is 0.469. The van der Waals surface area contributed by atoms with Crippen molar-refractivity contribution in [2.24, 2.45) is 11.8 Å². The van der Waals surface area contributed by atoms with E-state index >= 15 is 0 Å². The lowest BCUT2D eigenvalue weighted by Gasteiger charge is -2.38. The molecule has 0 aliphatic carbocycles. The molecule has 2 aromatic carbocycles. The van der Waals surface area contributed by atoms with Crippen molar-refractivity contribution in [3.05, 3.63) is 66.8 Å². The van der Waals surface area contributed by atoms with Crippen molar-refractivity contribution in [3.63, 3.8) is 0 Å². The number of carbonyl (C=O) groups excluding carboxylic acids is 3. The number of carbonyl (C=O) groups is 3. The number of amides is 2. The van der Waals surface area contributed by atoms with Crippen molar-refractivity contribution >= 4 is 34.2 Å². The predicted octanol–water partition coefficient (Wildman–Crippen LogP) is 3.77. The second-order valence-electron chi connectivity index (χ2n) is 11.2. The summed E-state index contributed by atoms with van der Waals surface area (Å²) in [5.41, 5.74) is -1.56. The molecular formula is C32H36N2O6. The SMILES string of the molecule is CC[C@]12C=CCOC(=O)[C@H]1[C@H]1C(=O)N(CCCCCCO)C3C(=O)N(c4ccc5ccccc5c4)CC=C[C@@]31O2. The summed E-state index contributed by atoms with van der Waals surface area (Å²) in [6.45, 7) is 2.91. The minimum atomic E-state index is -1.29. The van der Waals surface area contributed by atoms with Crippen LogP contribution in [0.2, 0.25) is 0 Å². The van der Waals surface area contributed by atoms with Crippen LogP contribution >= 0.6 is 0 Å². The van der Waals surface area contributed by atoms with E-state index in [-0.39, 0.29) is 25.0 Å². The molecule has 6 rings (SSSR count). The Hall–Kier alpha value is -3.49. The van der Waals surface area contributed by atoms with E-state index in [9.17, 15) is 14.4 Å². The van der Waals surface area contributed by atoms with E-state index in [0.29, 0.717) is 32.4 Å². The second-order valence-corrected chi connectivity index (χ2v) is 11.2. The van der Waals surface area contributed by atoms with Gasteiger partial charge in [-0.15, -0.1) is 0 Å². The van der Waals surface area contributed by atoms with Crippen LogP contribution in [0.4, 0.5) is 5.69 Å². The number of fused-ring (bicyclic) bond motifs is 3. The number of likely N-dealkylation sites (tertiary alicyclic amines) is 1. The lowest BCUT2D eigenvalue weighted by Crippen LogP contribution is -2.56. The molecule has 1 N–H and O–H groups in total. The highest BCUT2D eigenvalue weighted by atomic mass is 16.6. The summed E-state index contributed by atoms with van der Waals surface area (Å²) in [5, 5.41) is 11.3. The Morgan fingerprint density at radius 3 is 2.52 bits per heavy atom. The maximum Gasteiger partial charge on any atom is 0.313 e. The molecule has 210 valence electrons. The first-order valence-corrected chi connectivity index (χ1v) is 14.4. The lowest BCUT2D eigenvalue weighted by atomic mass is 9.73. The largest absolute Gasteiger partial charge is 0.461 e. The topological polar surface area (TPSA) is 96.4 Å². The molecule has 8 nitrogen and oxygen atoms in total. The van der Waals surface area contributed by atoms with Crippen LogP contribution in [0.3, 0.4) is 0 Å². The molecule has 0 saturated carbocycles. The van der Waals surface area contributed by atoms with E-state index in [1.54, 1.807) is 15.9 Å². The molecule has 4 aliphatic heterocycles. The van der Waals surface area contributed by atoms with Gasteiger partial charge >= 0.3 is 5.97 Å². The van der Waals surface area contributed by atoms with E-state index in [1.165, 1.54) is 0 Å². The molecule has 0 radical (unpaired) electrons. The number of benzene rings is 2. The van der Waals surface area contributed by atoms with Crippen molar-refractivity contribution in [2.45, 2.75) is 56.3 Å². The summed E-state index contributed by atoms with van der Waals surface area (Å²) in [6.07, 6.45) is 10.9. The minimum Gasteiger partial charge on any atom is -0.461 e. The zero-order chi connectivity index (χ0) is 27.9. The smallest absolute Gasteiger partial charge is 0.313 e. The molecule has 40 heavy (non-hydrogen) atoms. The summed E-state index contributed by atoms with van der Waals surface area (Å²) < 4.78 is 12.4. The number of aliphatic hydroxyl groups is 1. The van der Waals surface area contributed by atoms with Gasteiger partial charge < -0.3 is 24.4 Å². The number of aliphatic hydroxyl groups excluding tert-OH is 1. The van der Waals surface area contributed by atoms with Gasteiger partial charge in [0.25, 0.3) is 5.91 Å². The van der Waals surface area contributed by atoms with Gasteiger partial charge in [-0.1, -0.05) is 68.3 Å². The molecule has 0 bridgehead atoms. The number of anilines is 1. The first kappa shape index (κ1) is 26.7. The zero-order valence-corrected chi connectivity index (χ0v) is 22.8. The Morgan fingerprint density at radius 2 is 1.73 bits per heavy atom. The Kier molecular flexibility index (Phi) is 7.00. The molecule has 4 heterocycles. The minimum absolute atomic E-state index is 0.130. The number of hydrogen-bond acceptors (Lipinski definition) is 6. The van der Waals surface area contributed by atoms with Crippen LogP contribution in [-0.2, 0) is 23.9 Å². The van der Waals surface area contributed by atoms with Crippen LogP contribution in [0.1, 0.15) is 39.0 Å². The van der Waals surface area contributed by atoms with Crippen molar-refractivity contribution in [1.82, 2.24) is 4.90 Å². The number of hydrogen-bond donors (Lipinski definition) is 1. The molecule has 2 fully saturated rings. The van der Waals surface area contributed by atoms with Crippen molar-refractivity contribution < 1.29 is 29.0 Å². The van der Waals surface area contributed by atoms with E-state index in [2.05, 4.69) is 0 Å². The van der Waals surface area contributed by atoms with Gasteiger partial charge in [-0.2, -0.15) is 0 Å². The van der Waals surface area contributed by atoms with Crippen LogP contribution in [0.25, 0.3) is 10.8 Å². The van der Waals surface area contributed by atoms with Gasteiger partial charge in [0.15, 0.2) is 0 Å². The highest BCUT2D eigenvalue weighted by Gasteiger charge is 2.75. The van der Waals surface area contributed by atoms with Crippen LogP contribution in [-0.4, -0.2) is 71.3 Å². The maximum absolute atomic E-state index is 14.6. The molecule has 0 aromatic heterocycles. The number of unbranched alkanes of at least 4 members (excludes halogenated alkanes) is 3. The Morgan fingerprint density at radius 1 is 0.925 bits per heavy atom. The molecule has 5 atom stereocenters. The van der Waals surface area contributed by atoms with Gasteiger partial charge in [-0.3, -0.25) is 14.4 Å². The van der Waals surface area contributed by atoms with E-state index in [4.69, 9.17) is 14.6 Å². The van der Waals surface area contributed by atoms with Crippen molar-refractivity contribution in [1.29, 1.82) is 0 Å². The van der Waals surface area contributed by atoms with Gasteiger partial charge in [-0.25, -0.2) is 0 Å². The summed E-state index contributed by atoms with van der Waals surface area (Å²) in [5.74, 6) is -2.61. The summed E-state index contributed by atoms with van der Waals surface area (Å²) >= 11 is 0. The zero-order valence-electron chi connectivity index (χ0n) is 22.8. The van der Waals surface area contributed by atoms with E-state index < -0.39 is 35.0 Å². The monoisotopic (exact) mass is 544 g/mol. The third kappa shape index (κ3) is 4.08. The third-order valence-electron chi connectivity index (χ3n) is 9.05. The Labute approximate surface area is 234 Å². The molecule has 4 aliphatic rings. The molecule has 8 heteroatoms. The summed E-state index contributed by atoms with van der Waals surface area (Å²) in [4.78, 5) is 45.6. The highest BCUT2D eigenvalue weighted by molar-refractivity contribution is 6.06. The van der Waals surface area contributed by atoms with Crippen molar-refractivity contribution in [2.75, 3.05) is 31.2 Å². The van der Waals surface area contributed by atoms with Gasteiger partial charge in [0.2, 0.25) is 5.91 Å². The molecule has 1 unspecified atom stereocenters. The molecule has 1 spiro atoms. The van der Waals surface area contributed by atoms with Gasteiger partial charge in [0.05, 0.1) is 5.92 Å². The third-order valence-corrected chi connectivity index (χ3v) is 9.05. The van der Waals surface area contributed by atoms with Crippen LogP contribution < -0.4 is 4.90 Å². The predicted molar refractivity (Wildman–Crippen MR) is 150 cm³/mol. The maximum atomic E-state index is 14.6. The summed E-state index contributed by atoms with van der Waals surface area (Å²) in [6, 6.07) is 13.0. The highest BCUT2D eigenvalue weighted by Crippen LogP contribution is 2.58. The standard InChI is InChI=1S/C32H36N2O6/c1-2-31-15-10-20-39-30(38)26(31)25-28(36)34(17-7-3-4-8-19-35)27-29(37)33(18-9-16-32(25,27)40-31)24-14-13-22-11-5-6-12-23(22)21-24/h5-6,9-16,21,25-27,35H,2-4,7-8,17-20H2,1H3/t25-,26+,27?,31-,32-/m0/s1. The lowest BCUT2D eigenvalue weighted by molar-refractivity contribution is -0.157. The number of nitrogens with zero attached hydrogens (tertiary/aromatic N) is 2. The molecule has 2 amide bonds. The Balaban J connectivity index is 1.42. The number of rotatable bonds is 8. The average Bonchev–Trinajstić information content (AvgIpc) is 3.24. The number of esters is 1. The Bertz CT molecular complexity index is 1390. The van der Waals surface area contributed by atoms with Gasteiger partial charge in [0.1, 0.15) is 29.8 Å². The van der Waals surface area contributed by atoms with Crippen LogP contribution in [0.15, 0.2) is 66.8 Å². The molecular weight excluding hydrogens is 508 g/mol. The second kappa shape index (κ2) is 10.5. The van der Waals surface area contributed by atoms with Crippen LogP contribution in [0.5, 0.6) is 0 Å². The van der Waals surface area contributed by atoms with Gasteiger partial charge in [0, 0.05) is 25.4 Å². The number of cyclic esters (lactones) is 1. The van der Waals surface area contributed by atoms with E-state index in [1.807, 2.05) is 67.6 Å². The first-order chi connectivity index (χ1) is 19.5. The van der Waals surface area contributed by atoms with Gasteiger partial charge in [-0.05, 0) is 48.2 Å². The summed E-state index contributed by atoms with van der Waals surface area (Å²) in [7, 11) is 0. The normalized spacial score (nSPS) is 31.1. The average molecular weight is 545 g/mol. The molecule has 2 aromatic rings. The first-order valence-electron chi connectivity index (χ1n) is 14.4. The van der Waals surface area contributed by atoms with Crippen molar-refractivity contribution in [3.8, 4) is 0 Å². The molecule has 2 saturated heterocycles. The fourth-order valence-electron chi connectivity index (χ4n) is 7.16. The van der Waals surface area contributed by atoms with E-state index in [0.717, 1.165) is 29.3 Å². The quantitative estimate of drug-likeness (QED) is 0.309. The van der Waals surface area contributed by atoms with Crippen LogP contribution in [0, 0.1) is 11.8 Å². The fourth-order valence-corrected chi connectivity index (χ4v) is 7.16.